The van der Waals surface area contributed by atoms with Crippen molar-refractivity contribution in [1.29, 1.82) is 0 Å². The summed E-state index contributed by atoms with van der Waals surface area (Å²) in [6.07, 6.45) is 13.0. The van der Waals surface area contributed by atoms with E-state index in [-0.39, 0.29) is 11.4 Å². The van der Waals surface area contributed by atoms with E-state index in [2.05, 4.69) is 79.7 Å². The Labute approximate surface area is 242 Å². The summed E-state index contributed by atoms with van der Waals surface area (Å²) in [5, 5.41) is 0. The highest BCUT2D eigenvalue weighted by atomic mass is 32.3. The molecule has 4 fully saturated rings. The maximum atomic E-state index is 14.5. The number of hydrogen-bond donors (Lipinski definition) is 0. The smallest absolute Gasteiger partial charge is 0.323 e. The van der Waals surface area contributed by atoms with Crippen LogP contribution in [0.4, 0.5) is 0 Å². The van der Waals surface area contributed by atoms with E-state index >= 15 is 0 Å². The molecule has 0 spiro atoms. The number of unbranched alkanes of at least 4 members (excludes halogenated alkanes) is 4. The molecule has 4 bridgehead atoms. The third kappa shape index (κ3) is 5.44. The molecule has 40 heavy (non-hydrogen) atoms. The highest BCUT2D eigenvalue weighted by Crippen LogP contribution is 2.71. The zero-order chi connectivity index (χ0) is 27.4. The van der Waals surface area contributed by atoms with Crippen LogP contribution in [0.5, 0.6) is 5.75 Å². The summed E-state index contributed by atoms with van der Waals surface area (Å²) in [6, 6.07) is 29.3. The van der Waals surface area contributed by atoms with E-state index < -0.39 is 10.3 Å². The van der Waals surface area contributed by atoms with Gasteiger partial charge in [-0.1, -0.05) is 69.0 Å². The number of benzene rings is 3. The molecule has 4 saturated carbocycles. The molecule has 0 radical (unpaired) electrons. The molecular formula is C36H44O3S. The molecule has 0 heterocycles. The molecule has 3 aromatic carbocycles. The lowest BCUT2D eigenvalue weighted by Crippen LogP contribution is -2.50. The Balaban J connectivity index is 1.33. The first-order valence-electron chi connectivity index (χ1n) is 15.5. The highest BCUT2D eigenvalue weighted by molar-refractivity contribution is 8.30. The predicted octanol–water partition coefficient (Wildman–Crippen LogP) is 9.99. The molecular weight excluding hydrogens is 512 g/mol. The van der Waals surface area contributed by atoms with Gasteiger partial charge in [-0.05, 0) is 122 Å². The summed E-state index contributed by atoms with van der Waals surface area (Å²) in [7, 11) is -2.28. The Morgan fingerprint density at radius 3 is 1.73 bits per heavy atom. The minimum atomic E-state index is -2.28. The van der Waals surface area contributed by atoms with Crippen molar-refractivity contribution >= 4 is 16.3 Å². The lowest BCUT2D eigenvalue weighted by atomic mass is 9.49. The van der Waals surface area contributed by atoms with Crippen LogP contribution in [0.3, 0.4) is 0 Å². The maximum absolute atomic E-state index is 14.5. The van der Waals surface area contributed by atoms with E-state index in [1.807, 2.05) is 12.1 Å². The van der Waals surface area contributed by atoms with E-state index in [9.17, 15) is 4.79 Å². The first-order chi connectivity index (χ1) is 19.6. The van der Waals surface area contributed by atoms with Gasteiger partial charge in [0, 0.05) is 14.7 Å². The summed E-state index contributed by atoms with van der Waals surface area (Å²) in [5.41, 5.74) is -0.322. The van der Waals surface area contributed by atoms with E-state index in [0.717, 1.165) is 52.7 Å². The average Bonchev–Trinajstić information content (AvgIpc) is 2.98. The van der Waals surface area contributed by atoms with Crippen LogP contribution in [0.15, 0.2) is 99.6 Å². The average molecular weight is 557 g/mol. The van der Waals surface area contributed by atoms with Crippen molar-refractivity contribution in [3.8, 4) is 5.75 Å². The lowest BCUT2D eigenvalue weighted by Gasteiger charge is -2.56. The monoisotopic (exact) mass is 556 g/mol. The van der Waals surface area contributed by atoms with Gasteiger partial charge in [0.15, 0.2) is 0 Å². The third-order valence-electron chi connectivity index (χ3n) is 9.49. The summed E-state index contributed by atoms with van der Waals surface area (Å²) >= 11 is 0. The Kier molecular flexibility index (Phi) is 8.25. The van der Waals surface area contributed by atoms with Gasteiger partial charge in [0.2, 0.25) is 0 Å². The van der Waals surface area contributed by atoms with Crippen LogP contribution in [0.2, 0.25) is 0 Å². The minimum absolute atomic E-state index is 0.0294. The molecule has 0 atom stereocenters. The van der Waals surface area contributed by atoms with Crippen LogP contribution in [-0.2, 0) is 8.98 Å². The Morgan fingerprint density at radius 1 is 0.700 bits per heavy atom. The molecule has 4 aliphatic rings. The second-order valence-electron chi connectivity index (χ2n) is 12.5. The van der Waals surface area contributed by atoms with Crippen molar-refractivity contribution in [2.45, 2.75) is 92.2 Å². The molecule has 3 nitrogen and oxygen atoms in total. The fraction of sp³-hybridized carbons (Fsp3) is 0.472. The summed E-state index contributed by atoms with van der Waals surface area (Å²) in [4.78, 5) is 17.7. The molecule has 0 unspecified atom stereocenters. The number of carbonyl (C=O) groups is 1. The Morgan fingerprint density at radius 2 is 1.20 bits per heavy atom. The number of hydrogen-bond acceptors (Lipinski definition) is 3. The van der Waals surface area contributed by atoms with Crippen LogP contribution >= 0.6 is 10.3 Å². The van der Waals surface area contributed by atoms with Crippen molar-refractivity contribution in [2.75, 3.05) is 6.61 Å². The van der Waals surface area contributed by atoms with Crippen LogP contribution in [0.25, 0.3) is 0 Å². The zero-order valence-corrected chi connectivity index (χ0v) is 24.7. The van der Waals surface area contributed by atoms with Gasteiger partial charge in [0.1, 0.15) is 5.75 Å². The first-order valence-corrected chi connectivity index (χ1v) is 17.1. The van der Waals surface area contributed by atoms with E-state index in [1.54, 1.807) is 0 Å². The molecule has 0 amide bonds. The molecule has 0 saturated heterocycles. The van der Waals surface area contributed by atoms with E-state index in [1.165, 1.54) is 44.9 Å². The number of ether oxygens (including phenoxy) is 1. The Bertz CT molecular complexity index is 1180. The lowest BCUT2D eigenvalue weighted by molar-refractivity contribution is -0.160. The first kappa shape index (κ1) is 27.4. The second kappa shape index (κ2) is 12.0. The quantitative estimate of drug-likeness (QED) is 0.208. The number of rotatable bonds is 12. The van der Waals surface area contributed by atoms with Gasteiger partial charge < -0.3 is 8.92 Å². The van der Waals surface area contributed by atoms with Gasteiger partial charge in [0.05, 0.1) is 12.0 Å². The molecule has 0 aromatic heterocycles. The van der Waals surface area contributed by atoms with Crippen LogP contribution < -0.4 is 4.74 Å². The molecule has 3 aromatic rings. The maximum Gasteiger partial charge on any atom is 0.323 e. The van der Waals surface area contributed by atoms with Crippen LogP contribution in [0, 0.1) is 23.2 Å². The Hall–Kier alpha value is -2.72. The topological polar surface area (TPSA) is 35.5 Å². The van der Waals surface area contributed by atoms with E-state index in [4.69, 9.17) is 8.92 Å². The van der Waals surface area contributed by atoms with Gasteiger partial charge in [-0.3, -0.25) is 4.79 Å². The van der Waals surface area contributed by atoms with Crippen molar-refractivity contribution < 1.29 is 13.7 Å². The summed E-state index contributed by atoms with van der Waals surface area (Å²) in [6.45, 7) is 2.98. The predicted molar refractivity (Wildman–Crippen MR) is 163 cm³/mol. The molecule has 0 aliphatic heterocycles. The van der Waals surface area contributed by atoms with Crippen molar-refractivity contribution in [1.82, 2.24) is 0 Å². The minimum Gasteiger partial charge on any atom is -0.494 e. The molecule has 4 heteroatoms. The van der Waals surface area contributed by atoms with Gasteiger partial charge in [-0.15, -0.1) is 0 Å². The van der Waals surface area contributed by atoms with Gasteiger partial charge >= 0.3 is 5.97 Å². The molecule has 7 rings (SSSR count). The van der Waals surface area contributed by atoms with E-state index in [0.29, 0.717) is 17.8 Å². The second-order valence-corrected chi connectivity index (χ2v) is 15.2. The van der Waals surface area contributed by atoms with Crippen molar-refractivity contribution in [3.05, 3.63) is 84.9 Å². The SMILES string of the molecule is CCCCCCCOc1ccc(S(OC(=O)C23CC4CC(CC(C4)C2)C3)(c2ccccc2)c2ccccc2)cc1. The third-order valence-corrected chi connectivity index (χ3v) is 12.7. The van der Waals surface area contributed by atoms with Gasteiger partial charge in [0.25, 0.3) is 0 Å². The fourth-order valence-corrected chi connectivity index (χ4v) is 11.1. The zero-order valence-electron chi connectivity index (χ0n) is 23.9. The normalized spacial score (nSPS) is 25.5. The van der Waals surface area contributed by atoms with Gasteiger partial charge in [-0.25, -0.2) is 0 Å². The van der Waals surface area contributed by atoms with Gasteiger partial charge in [-0.2, -0.15) is 0 Å². The van der Waals surface area contributed by atoms with Crippen LogP contribution in [-0.4, -0.2) is 12.6 Å². The highest BCUT2D eigenvalue weighted by Gasteiger charge is 2.57. The molecule has 4 aliphatic carbocycles. The summed E-state index contributed by atoms with van der Waals surface area (Å²) < 4.78 is 13.2. The van der Waals surface area contributed by atoms with Crippen molar-refractivity contribution in [3.63, 3.8) is 0 Å². The standard InChI is InChI=1S/C36H44O3S/c1-2-3-4-5-12-21-38-31-17-19-34(20-18-31)40(32-13-8-6-9-14-32,33-15-10-7-11-16-33)39-35(37)36-25-28-22-29(26-36)24-30(23-28)27-36/h6-11,13-20,28-30H,2-5,12,21-27H2,1H3. The number of carbonyl (C=O) groups excluding carboxylic acids is 1. The van der Waals surface area contributed by atoms with Crippen molar-refractivity contribution in [2.24, 2.45) is 23.2 Å². The van der Waals surface area contributed by atoms with Crippen LogP contribution in [0.1, 0.15) is 77.6 Å². The summed E-state index contributed by atoms with van der Waals surface area (Å²) in [5.74, 6) is 2.97. The largest absolute Gasteiger partial charge is 0.494 e. The fourth-order valence-electron chi connectivity index (χ4n) is 7.96. The molecule has 212 valence electrons. The molecule has 0 N–H and O–H groups in total.